The van der Waals surface area contributed by atoms with Gasteiger partial charge in [-0.25, -0.2) is 0 Å². The molecule has 0 radical (unpaired) electrons. The fraction of sp³-hybridized carbons (Fsp3) is 0.333. The minimum Gasteiger partial charge on any atom is -0.344 e. The van der Waals surface area contributed by atoms with Crippen LogP contribution in [0.3, 0.4) is 0 Å². The van der Waals surface area contributed by atoms with Crippen LogP contribution in [0, 0.1) is 0 Å². The van der Waals surface area contributed by atoms with E-state index in [1.54, 1.807) is 0 Å². The number of allylic oxidation sites excluding steroid dienone is 1. The van der Waals surface area contributed by atoms with Gasteiger partial charge in [-0.1, -0.05) is 36.4 Å². The fourth-order valence-electron chi connectivity index (χ4n) is 1.26. The number of unbranched alkanes of at least 4 members (excludes halogenated alkanes) is 2. The molecule has 0 aromatic heterocycles. The average Bonchev–Trinajstić information content (AvgIpc) is 2.14. The smallest absolute Gasteiger partial charge is 0.0279 e. The molecular formula is C12H19N. The number of hydrogen-bond donors (Lipinski definition) is 1. The molecule has 0 saturated carbocycles. The molecule has 0 bridgehead atoms. The molecule has 0 heterocycles. The van der Waals surface area contributed by atoms with Crippen molar-refractivity contribution in [3.8, 4) is 0 Å². The summed E-state index contributed by atoms with van der Waals surface area (Å²) in [4.78, 5) is 0. The molecule has 1 heteroatoms. The second-order valence-electron chi connectivity index (χ2n) is 3.02. The lowest BCUT2D eigenvalue weighted by atomic mass is 10.1. The monoisotopic (exact) mass is 177 g/mol. The maximum Gasteiger partial charge on any atom is -0.0279 e. The molecule has 0 unspecified atom stereocenters. The standard InChI is InChI=1S/C12H16.H3N/c1-2-3-4-6-9-12-10-7-5-8-11-12;/h2,5,7-8,10-11H,1,3-4,6,9H2;1H3. The Morgan fingerprint density at radius 1 is 1.08 bits per heavy atom. The highest BCUT2D eigenvalue weighted by atomic mass is 14.0. The van der Waals surface area contributed by atoms with Gasteiger partial charge >= 0.3 is 0 Å². The van der Waals surface area contributed by atoms with Gasteiger partial charge in [0.1, 0.15) is 0 Å². The molecule has 0 aliphatic heterocycles. The van der Waals surface area contributed by atoms with Crippen LogP contribution in [0.25, 0.3) is 0 Å². The Morgan fingerprint density at radius 2 is 1.77 bits per heavy atom. The molecule has 13 heavy (non-hydrogen) atoms. The number of rotatable bonds is 5. The lowest BCUT2D eigenvalue weighted by molar-refractivity contribution is 0.748. The van der Waals surface area contributed by atoms with E-state index in [0.717, 1.165) is 6.42 Å². The van der Waals surface area contributed by atoms with E-state index in [1.807, 2.05) is 6.08 Å². The van der Waals surface area contributed by atoms with E-state index in [1.165, 1.54) is 24.8 Å². The molecule has 1 aromatic carbocycles. The van der Waals surface area contributed by atoms with E-state index in [4.69, 9.17) is 0 Å². The summed E-state index contributed by atoms with van der Waals surface area (Å²) in [7, 11) is 0. The second kappa shape index (κ2) is 7.56. The number of benzene rings is 1. The minimum atomic E-state index is 0. The average molecular weight is 177 g/mol. The van der Waals surface area contributed by atoms with Crippen LogP contribution in [0.5, 0.6) is 0 Å². The van der Waals surface area contributed by atoms with Crippen molar-refractivity contribution in [1.29, 1.82) is 0 Å². The first-order valence-corrected chi connectivity index (χ1v) is 4.58. The van der Waals surface area contributed by atoms with Crippen molar-refractivity contribution in [2.24, 2.45) is 0 Å². The quantitative estimate of drug-likeness (QED) is 0.539. The van der Waals surface area contributed by atoms with E-state index in [0.29, 0.717) is 0 Å². The molecule has 0 atom stereocenters. The Balaban J connectivity index is 0.00000144. The van der Waals surface area contributed by atoms with Crippen LogP contribution >= 0.6 is 0 Å². The predicted octanol–water partition coefficient (Wildman–Crippen LogP) is 3.75. The molecule has 0 aliphatic carbocycles. The van der Waals surface area contributed by atoms with Gasteiger partial charge in [-0.3, -0.25) is 0 Å². The summed E-state index contributed by atoms with van der Waals surface area (Å²) in [6.45, 7) is 3.71. The lowest BCUT2D eigenvalue weighted by Crippen LogP contribution is -1.83. The molecule has 1 aromatic rings. The molecule has 0 spiro atoms. The Morgan fingerprint density at radius 3 is 2.38 bits per heavy atom. The number of hydrogen-bond acceptors (Lipinski definition) is 1. The maximum absolute atomic E-state index is 3.71. The van der Waals surface area contributed by atoms with Crippen molar-refractivity contribution in [3.63, 3.8) is 0 Å². The Hall–Kier alpha value is -1.08. The van der Waals surface area contributed by atoms with Gasteiger partial charge in [0.25, 0.3) is 0 Å². The van der Waals surface area contributed by atoms with Crippen LogP contribution in [0.15, 0.2) is 43.0 Å². The van der Waals surface area contributed by atoms with E-state index < -0.39 is 0 Å². The third kappa shape index (κ3) is 5.21. The molecule has 3 N–H and O–H groups in total. The van der Waals surface area contributed by atoms with Crippen LogP contribution in [0.4, 0.5) is 0 Å². The van der Waals surface area contributed by atoms with Crippen molar-refractivity contribution in [2.45, 2.75) is 25.7 Å². The summed E-state index contributed by atoms with van der Waals surface area (Å²) >= 11 is 0. The summed E-state index contributed by atoms with van der Waals surface area (Å²) < 4.78 is 0. The Bertz CT molecular complexity index is 216. The predicted molar refractivity (Wildman–Crippen MR) is 59.2 cm³/mol. The van der Waals surface area contributed by atoms with Gasteiger partial charge in [0.2, 0.25) is 0 Å². The zero-order valence-corrected chi connectivity index (χ0v) is 8.21. The fourth-order valence-corrected chi connectivity index (χ4v) is 1.26. The summed E-state index contributed by atoms with van der Waals surface area (Å²) in [6, 6.07) is 10.6. The molecule has 0 fully saturated rings. The highest BCUT2D eigenvalue weighted by Gasteiger charge is 1.89. The highest BCUT2D eigenvalue weighted by molar-refractivity contribution is 5.14. The molecular weight excluding hydrogens is 158 g/mol. The van der Waals surface area contributed by atoms with Crippen molar-refractivity contribution in [1.82, 2.24) is 6.15 Å². The SMILES string of the molecule is C=CCCCCc1ccccc1.N. The topological polar surface area (TPSA) is 35.0 Å². The van der Waals surface area contributed by atoms with E-state index in [-0.39, 0.29) is 6.15 Å². The molecule has 1 rings (SSSR count). The highest BCUT2D eigenvalue weighted by Crippen LogP contribution is 2.05. The Labute approximate surface area is 81.1 Å². The molecule has 0 aliphatic rings. The van der Waals surface area contributed by atoms with Crippen molar-refractivity contribution < 1.29 is 0 Å². The van der Waals surface area contributed by atoms with Gasteiger partial charge in [-0.2, -0.15) is 0 Å². The van der Waals surface area contributed by atoms with Gasteiger partial charge in [-0.05, 0) is 31.2 Å². The van der Waals surface area contributed by atoms with Crippen molar-refractivity contribution in [2.75, 3.05) is 0 Å². The summed E-state index contributed by atoms with van der Waals surface area (Å²) in [5.74, 6) is 0. The van der Waals surface area contributed by atoms with Gasteiger partial charge in [0.15, 0.2) is 0 Å². The first-order valence-electron chi connectivity index (χ1n) is 4.58. The van der Waals surface area contributed by atoms with E-state index in [2.05, 4.69) is 36.9 Å². The van der Waals surface area contributed by atoms with Crippen LogP contribution in [-0.4, -0.2) is 0 Å². The van der Waals surface area contributed by atoms with Crippen molar-refractivity contribution >= 4 is 0 Å². The first-order chi connectivity index (χ1) is 5.93. The molecule has 0 saturated heterocycles. The van der Waals surface area contributed by atoms with Crippen LogP contribution in [0.2, 0.25) is 0 Å². The maximum atomic E-state index is 3.71. The van der Waals surface area contributed by atoms with Gasteiger partial charge in [0.05, 0.1) is 0 Å². The number of aryl methyl sites for hydroxylation is 1. The summed E-state index contributed by atoms with van der Waals surface area (Å²) in [6.07, 6.45) is 6.88. The van der Waals surface area contributed by atoms with E-state index >= 15 is 0 Å². The van der Waals surface area contributed by atoms with Crippen LogP contribution in [0.1, 0.15) is 24.8 Å². The van der Waals surface area contributed by atoms with E-state index in [9.17, 15) is 0 Å². The first kappa shape index (κ1) is 11.9. The molecule has 1 nitrogen and oxygen atoms in total. The van der Waals surface area contributed by atoms with Gasteiger partial charge in [-0.15, -0.1) is 6.58 Å². The second-order valence-corrected chi connectivity index (χ2v) is 3.02. The molecule has 72 valence electrons. The van der Waals surface area contributed by atoms with Crippen LogP contribution < -0.4 is 6.15 Å². The Kier molecular flexibility index (Phi) is 6.93. The third-order valence-electron chi connectivity index (χ3n) is 1.97. The summed E-state index contributed by atoms with van der Waals surface area (Å²) in [5, 5.41) is 0. The zero-order valence-electron chi connectivity index (χ0n) is 8.21. The largest absolute Gasteiger partial charge is 0.344 e. The van der Waals surface area contributed by atoms with Gasteiger partial charge in [0, 0.05) is 0 Å². The summed E-state index contributed by atoms with van der Waals surface area (Å²) in [5.41, 5.74) is 1.45. The molecule has 0 amide bonds. The minimum absolute atomic E-state index is 0. The normalized spacial score (nSPS) is 8.92. The van der Waals surface area contributed by atoms with Crippen molar-refractivity contribution in [3.05, 3.63) is 48.6 Å². The van der Waals surface area contributed by atoms with Crippen LogP contribution in [-0.2, 0) is 6.42 Å². The lowest BCUT2D eigenvalue weighted by Gasteiger charge is -1.98. The zero-order chi connectivity index (χ0) is 8.65. The third-order valence-corrected chi connectivity index (χ3v) is 1.97. The van der Waals surface area contributed by atoms with Gasteiger partial charge < -0.3 is 6.15 Å².